The number of halogens is 1. The summed E-state index contributed by atoms with van der Waals surface area (Å²) in [7, 11) is 0. The number of carboxylic acids is 1. The molecule has 1 aromatic heterocycles. The van der Waals surface area contributed by atoms with Crippen molar-refractivity contribution in [3.63, 3.8) is 0 Å². The maximum Gasteiger partial charge on any atom is 0.337 e. The Morgan fingerprint density at radius 3 is 2.67 bits per heavy atom. The molecular formula is C10H12INO3. The van der Waals surface area contributed by atoms with E-state index in [1.54, 1.807) is 12.3 Å². The van der Waals surface area contributed by atoms with E-state index in [4.69, 9.17) is 9.84 Å². The Kier molecular flexibility index (Phi) is 4.97. The number of pyridine rings is 1. The van der Waals surface area contributed by atoms with E-state index in [0.717, 1.165) is 10.2 Å². The molecule has 0 saturated carbocycles. The zero-order chi connectivity index (χ0) is 11.3. The van der Waals surface area contributed by atoms with Gasteiger partial charge in [0.1, 0.15) is 0 Å². The fourth-order valence-corrected chi connectivity index (χ4v) is 1.33. The van der Waals surface area contributed by atoms with Gasteiger partial charge in [-0.2, -0.15) is 0 Å². The molecule has 0 aromatic carbocycles. The second kappa shape index (κ2) is 6.02. The quantitative estimate of drug-likeness (QED) is 0.670. The topological polar surface area (TPSA) is 62.7 Å². The van der Waals surface area contributed by atoms with Gasteiger partial charge in [-0.3, -0.25) is 4.98 Å². The van der Waals surface area contributed by atoms with Crippen LogP contribution in [0.15, 0.2) is 18.5 Å². The zero-order valence-electron chi connectivity index (χ0n) is 8.31. The fourth-order valence-electron chi connectivity index (χ4n) is 0.833. The van der Waals surface area contributed by atoms with Crippen LogP contribution in [0.4, 0.5) is 0 Å². The van der Waals surface area contributed by atoms with Gasteiger partial charge in [-0.1, -0.05) is 6.92 Å². The summed E-state index contributed by atoms with van der Waals surface area (Å²) in [6.07, 6.45) is 4.76. The van der Waals surface area contributed by atoms with Gasteiger partial charge in [-0.25, -0.2) is 4.79 Å². The van der Waals surface area contributed by atoms with Crippen molar-refractivity contribution in [2.45, 2.75) is 19.4 Å². The lowest BCUT2D eigenvalue weighted by atomic mass is 10.3. The van der Waals surface area contributed by atoms with E-state index in [-0.39, 0.29) is 5.56 Å². The highest BCUT2D eigenvalue weighted by Gasteiger charge is 2.18. The van der Waals surface area contributed by atoms with E-state index >= 15 is 0 Å². The highest BCUT2D eigenvalue weighted by molar-refractivity contribution is 14.1. The predicted molar refractivity (Wildman–Crippen MR) is 63.9 cm³/mol. The van der Waals surface area contributed by atoms with Crippen LogP contribution in [0.25, 0.3) is 0 Å². The number of aromatic carboxylic acids is 1. The normalized spacial score (nSPS) is 17.6. The summed E-state index contributed by atoms with van der Waals surface area (Å²) in [4.78, 5) is 14.0. The largest absolute Gasteiger partial charge is 0.478 e. The van der Waals surface area contributed by atoms with Gasteiger partial charge in [0, 0.05) is 16.0 Å². The van der Waals surface area contributed by atoms with Crippen molar-refractivity contribution < 1.29 is 14.6 Å². The van der Waals surface area contributed by atoms with Crippen molar-refractivity contribution in [2.75, 3.05) is 6.61 Å². The highest BCUT2D eigenvalue weighted by Crippen LogP contribution is 2.10. The molecule has 5 heteroatoms. The van der Waals surface area contributed by atoms with Crippen LogP contribution < -0.4 is 0 Å². The smallest absolute Gasteiger partial charge is 0.337 e. The van der Waals surface area contributed by atoms with Crippen LogP contribution in [0.1, 0.15) is 23.7 Å². The number of epoxide rings is 1. The van der Waals surface area contributed by atoms with E-state index in [9.17, 15) is 4.79 Å². The Labute approximate surface area is 102 Å². The molecule has 1 atom stereocenters. The number of aromatic nitrogens is 1. The van der Waals surface area contributed by atoms with Crippen LogP contribution in [-0.4, -0.2) is 28.8 Å². The van der Waals surface area contributed by atoms with E-state index in [1.807, 2.05) is 22.6 Å². The Hall–Kier alpha value is -0.690. The Morgan fingerprint density at radius 2 is 2.40 bits per heavy atom. The molecule has 0 bridgehead atoms. The minimum Gasteiger partial charge on any atom is -0.478 e. The Bertz CT molecular complexity index is 339. The van der Waals surface area contributed by atoms with Crippen molar-refractivity contribution in [1.29, 1.82) is 0 Å². The third-order valence-electron chi connectivity index (χ3n) is 1.81. The van der Waals surface area contributed by atoms with Gasteiger partial charge in [0.15, 0.2) is 0 Å². The van der Waals surface area contributed by atoms with E-state index < -0.39 is 5.97 Å². The lowest BCUT2D eigenvalue weighted by Crippen LogP contribution is -1.96. The van der Waals surface area contributed by atoms with Crippen LogP contribution in [0.3, 0.4) is 0 Å². The van der Waals surface area contributed by atoms with Gasteiger partial charge in [0.2, 0.25) is 0 Å². The summed E-state index contributed by atoms with van der Waals surface area (Å²) in [5, 5.41) is 8.47. The maximum atomic E-state index is 10.3. The van der Waals surface area contributed by atoms with Crippen molar-refractivity contribution in [2.24, 2.45) is 0 Å². The van der Waals surface area contributed by atoms with E-state index in [2.05, 4.69) is 11.9 Å². The molecule has 1 N–H and O–H groups in total. The van der Waals surface area contributed by atoms with Crippen molar-refractivity contribution >= 4 is 28.6 Å². The average Bonchev–Trinajstić information content (AvgIpc) is 3.01. The first kappa shape index (κ1) is 12.4. The predicted octanol–water partition coefficient (Wildman–Crippen LogP) is 2.18. The molecule has 4 nitrogen and oxygen atoms in total. The minimum absolute atomic E-state index is 0.229. The molecule has 2 rings (SSSR count). The van der Waals surface area contributed by atoms with Crippen molar-refractivity contribution in [1.82, 2.24) is 4.98 Å². The molecule has 0 amide bonds. The molecule has 1 aliphatic rings. The first-order valence-electron chi connectivity index (χ1n) is 4.59. The number of carboxylic acid groups (broad SMARTS) is 1. The standard InChI is InChI=1S/C6H4INO2.C4H8O/c7-5-1-4(6(9)10)2-8-3-5;1-2-4-3-5-4/h1-3H,(H,9,10);4H,2-3H2,1H3. The lowest BCUT2D eigenvalue weighted by molar-refractivity contribution is 0.0696. The van der Waals surface area contributed by atoms with Gasteiger partial charge in [0.25, 0.3) is 0 Å². The minimum atomic E-state index is -0.939. The first-order chi connectivity index (χ1) is 7.13. The molecule has 0 spiro atoms. The molecular weight excluding hydrogens is 309 g/mol. The average molecular weight is 321 g/mol. The van der Waals surface area contributed by atoms with Crippen molar-refractivity contribution in [3.05, 3.63) is 27.6 Å². The third kappa shape index (κ3) is 5.08. The second-order valence-electron chi connectivity index (χ2n) is 3.06. The number of rotatable bonds is 2. The third-order valence-corrected chi connectivity index (χ3v) is 2.40. The lowest BCUT2D eigenvalue weighted by Gasteiger charge is -1.91. The molecule has 0 aliphatic carbocycles. The number of carbonyl (C=O) groups is 1. The first-order valence-corrected chi connectivity index (χ1v) is 5.66. The summed E-state index contributed by atoms with van der Waals surface area (Å²) in [6, 6.07) is 1.57. The summed E-state index contributed by atoms with van der Waals surface area (Å²) < 4.78 is 5.69. The molecule has 1 fully saturated rings. The molecule has 1 unspecified atom stereocenters. The number of hydrogen-bond donors (Lipinski definition) is 1. The number of hydrogen-bond acceptors (Lipinski definition) is 3. The van der Waals surface area contributed by atoms with Crippen molar-refractivity contribution in [3.8, 4) is 0 Å². The molecule has 1 aromatic rings. The summed E-state index contributed by atoms with van der Waals surface area (Å²) in [6.45, 7) is 3.15. The van der Waals surface area contributed by atoms with Gasteiger partial charge in [-0.15, -0.1) is 0 Å². The molecule has 1 saturated heterocycles. The van der Waals surface area contributed by atoms with Crippen LogP contribution in [0.2, 0.25) is 0 Å². The fraction of sp³-hybridized carbons (Fsp3) is 0.400. The Morgan fingerprint density at radius 1 is 1.73 bits per heavy atom. The van der Waals surface area contributed by atoms with Crippen LogP contribution in [0.5, 0.6) is 0 Å². The number of nitrogens with zero attached hydrogens (tertiary/aromatic N) is 1. The van der Waals surface area contributed by atoms with Crippen LogP contribution in [-0.2, 0) is 4.74 Å². The van der Waals surface area contributed by atoms with E-state index in [0.29, 0.717) is 6.10 Å². The van der Waals surface area contributed by atoms with Crippen LogP contribution in [0, 0.1) is 3.57 Å². The molecule has 2 heterocycles. The summed E-state index contributed by atoms with van der Waals surface area (Å²) >= 11 is 2.01. The van der Waals surface area contributed by atoms with Gasteiger partial charge < -0.3 is 9.84 Å². The zero-order valence-corrected chi connectivity index (χ0v) is 10.5. The van der Waals surface area contributed by atoms with Crippen LogP contribution >= 0.6 is 22.6 Å². The summed E-state index contributed by atoms with van der Waals surface area (Å²) in [5.74, 6) is -0.939. The maximum absolute atomic E-state index is 10.3. The molecule has 1 aliphatic heterocycles. The Balaban J connectivity index is 0.000000187. The second-order valence-corrected chi connectivity index (χ2v) is 4.31. The highest BCUT2D eigenvalue weighted by atomic mass is 127. The molecule has 0 radical (unpaired) electrons. The summed E-state index contributed by atoms with van der Waals surface area (Å²) in [5.41, 5.74) is 0.229. The molecule has 82 valence electrons. The SMILES string of the molecule is CCC1CO1.O=C(O)c1cncc(I)c1. The monoisotopic (exact) mass is 321 g/mol. The van der Waals surface area contributed by atoms with Gasteiger partial charge >= 0.3 is 5.97 Å². The van der Waals surface area contributed by atoms with Gasteiger partial charge in [-0.05, 0) is 35.1 Å². The number of ether oxygens (including phenoxy) is 1. The van der Waals surface area contributed by atoms with E-state index in [1.165, 1.54) is 12.6 Å². The van der Waals surface area contributed by atoms with Gasteiger partial charge in [0.05, 0.1) is 18.3 Å². The molecule has 15 heavy (non-hydrogen) atoms.